The summed E-state index contributed by atoms with van der Waals surface area (Å²) in [6.07, 6.45) is -9.27. The van der Waals surface area contributed by atoms with Gasteiger partial charge in [-0.2, -0.15) is 26.3 Å². The SMILES string of the molecule is CCO/C(=C\C(c1cc(Cl)c(Cl)c(Cl)c1)C(F)(F)F)c1ccc(C(=O)OC)c(C(F)(F)F)c1. The highest BCUT2D eigenvalue weighted by molar-refractivity contribution is 6.48. The third kappa shape index (κ3) is 6.49. The molecule has 0 saturated heterocycles. The van der Waals surface area contributed by atoms with Gasteiger partial charge in [-0.05, 0) is 42.8 Å². The molecule has 12 heteroatoms. The van der Waals surface area contributed by atoms with Crippen LogP contribution >= 0.6 is 34.8 Å². The van der Waals surface area contributed by atoms with Crippen LogP contribution in [-0.2, 0) is 15.7 Å². The first-order chi connectivity index (χ1) is 15.2. The van der Waals surface area contributed by atoms with E-state index < -0.39 is 46.7 Å². The first-order valence-electron chi connectivity index (χ1n) is 9.06. The number of carbonyl (C=O) groups excluding carboxylic acids is 1. The standard InChI is InChI=1S/C21H15Cl3F6O3/c1-3-33-17(10-4-5-12(19(31)32-2)14(6-10)21(28,29)30)9-13(20(25,26)27)11-7-15(22)18(24)16(23)8-11/h4-9,13H,3H2,1-2H3/b17-9-. The maximum absolute atomic E-state index is 13.9. The van der Waals surface area contributed by atoms with E-state index >= 15 is 0 Å². The van der Waals surface area contributed by atoms with Gasteiger partial charge in [0.2, 0.25) is 0 Å². The van der Waals surface area contributed by atoms with E-state index in [9.17, 15) is 31.1 Å². The second-order valence-corrected chi connectivity index (χ2v) is 7.72. The van der Waals surface area contributed by atoms with Crippen molar-refractivity contribution in [1.29, 1.82) is 0 Å². The number of ether oxygens (including phenoxy) is 2. The number of halogens is 9. The van der Waals surface area contributed by atoms with Crippen LogP contribution in [0.3, 0.4) is 0 Å². The number of hydrogen-bond donors (Lipinski definition) is 0. The molecule has 2 rings (SSSR count). The van der Waals surface area contributed by atoms with Gasteiger partial charge in [-0.25, -0.2) is 4.79 Å². The lowest BCUT2D eigenvalue weighted by Crippen LogP contribution is -2.20. The molecule has 2 aromatic carbocycles. The van der Waals surface area contributed by atoms with Crippen LogP contribution in [0.15, 0.2) is 36.4 Å². The summed E-state index contributed by atoms with van der Waals surface area (Å²) in [6.45, 7) is 1.29. The highest BCUT2D eigenvalue weighted by atomic mass is 35.5. The zero-order valence-electron chi connectivity index (χ0n) is 16.9. The molecule has 0 aliphatic carbocycles. The Bertz CT molecular complexity index is 1040. The molecule has 0 N–H and O–H groups in total. The van der Waals surface area contributed by atoms with E-state index in [-0.39, 0.29) is 27.2 Å². The van der Waals surface area contributed by atoms with Crippen LogP contribution in [0.5, 0.6) is 0 Å². The Balaban J connectivity index is 2.73. The monoisotopic (exact) mass is 534 g/mol. The maximum Gasteiger partial charge on any atom is 0.417 e. The van der Waals surface area contributed by atoms with Crippen molar-refractivity contribution in [2.75, 3.05) is 13.7 Å². The van der Waals surface area contributed by atoms with Gasteiger partial charge in [0.15, 0.2) is 0 Å². The normalized spacial score (nSPS) is 13.6. The number of carbonyl (C=O) groups is 1. The van der Waals surface area contributed by atoms with Gasteiger partial charge < -0.3 is 9.47 Å². The summed E-state index contributed by atoms with van der Waals surface area (Å²) in [5, 5.41) is -0.617. The van der Waals surface area contributed by atoms with E-state index in [1.54, 1.807) is 0 Å². The van der Waals surface area contributed by atoms with Crippen molar-refractivity contribution in [1.82, 2.24) is 0 Å². The van der Waals surface area contributed by atoms with Crippen molar-refractivity contribution in [3.8, 4) is 0 Å². The van der Waals surface area contributed by atoms with Gasteiger partial charge in [-0.1, -0.05) is 40.9 Å². The van der Waals surface area contributed by atoms with Gasteiger partial charge in [0.1, 0.15) is 11.7 Å². The van der Waals surface area contributed by atoms with Crippen LogP contribution in [0.4, 0.5) is 26.3 Å². The largest absolute Gasteiger partial charge is 0.494 e. The predicted octanol–water partition coefficient (Wildman–Crippen LogP) is 8.18. The van der Waals surface area contributed by atoms with Gasteiger partial charge in [-0.15, -0.1) is 0 Å². The highest BCUT2D eigenvalue weighted by Crippen LogP contribution is 2.42. The molecule has 0 radical (unpaired) electrons. The van der Waals surface area contributed by atoms with Gasteiger partial charge in [-0.3, -0.25) is 0 Å². The zero-order valence-corrected chi connectivity index (χ0v) is 19.1. The number of rotatable bonds is 6. The first kappa shape index (κ1) is 27.1. The minimum absolute atomic E-state index is 0.148. The third-order valence-corrected chi connectivity index (χ3v) is 5.55. The minimum Gasteiger partial charge on any atom is -0.494 e. The average Bonchev–Trinajstić information content (AvgIpc) is 2.72. The molecule has 0 aliphatic rings. The van der Waals surface area contributed by atoms with E-state index in [1.165, 1.54) is 6.92 Å². The molecular weight excluding hydrogens is 521 g/mol. The summed E-state index contributed by atoms with van der Waals surface area (Å²) in [5.74, 6) is -4.10. The number of methoxy groups -OCH3 is 1. The Morgan fingerprint density at radius 2 is 1.61 bits per heavy atom. The Morgan fingerprint density at radius 3 is 2.06 bits per heavy atom. The van der Waals surface area contributed by atoms with Crippen molar-refractivity contribution < 1.29 is 40.6 Å². The Kier molecular flexibility index (Phi) is 8.59. The van der Waals surface area contributed by atoms with Crippen LogP contribution in [0, 0.1) is 0 Å². The second kappa shape index (κ2) is 10.4. The van der Waals surface area contributed by atoms with Gasteiger partial charge in [0.25, 0.3) is 0 Å². The van der Waals surface area contributed by atoms with Crippen molar-refractivity contribution in [3.05, 3.63) is 73.7 Å². The third-order valence-electron chi connectivity index (χ3n) is 4.35. The maximum atomic E-state index is 13.9. The fourth-order valence-electron chi connectivity index (χ4n) is 2.89. The average molecular weight is 536 g/mol. The van der Waals surface area contributed by atoms with Gasteiger partial charge in [0, 0.05) is 5.56 Å². The summed E-state index contributed by atoms with van der Waals surface area (Å²) in [4.78, 5) is 11.7. The summed E-state index contributed by atoms with van der Waals surface area (Å²) in [6, 6.07) is 4.25. The molecule has 1 unspecified atom stereocenters. The lowest BCUT2D eigenvalue weighted by molar-refractivity contribution is -0.140. The van der Waals surface area contributed by atoms with E-state index in [0.717, 1.165) is 31.4 Å². The van der Waals surface area contributed by atoms with Crippen molar-refractivity contribution in [2.24, 2.45) is 0 Å². The highest BCUT2D eigenvalue weighted by Gasteiger charge is 2.41. The second-order valence-electron chi connectivity index (χ2n) is 6.53. The number of allylic oxidation sites excluding steroid dienone is 1. The molecule has 33 heavy (non-hydrogen) atoms. The van der Waals surface area contributed by atoms with Crippen molar-refractivity contribution >= 4 is 46.5 Å². The zero-order chi connectivity index (χ0) is 25.1. The Hall–Kier alpha value is -2.10. The molecule has 0 bridgehead atoms. The van der Waals surface area contributed by atoms with Gasteiger partial charge >= 0.3 is 18.3 Å². The molecule has 0 aliphatic heterocycles. The summed E-state index contributed by atoms with van der Waals surface area (Å²) in [7, 11) is 0.901. The predicted molar refractivity (Wildman–Crippen MR) is 113 cm³/mol. The van der Waals surface area contributed by atoms with Crippen LogP contribution in [0.25, 0.3) is 5.76 Å². The molecule has 1 atom stereocenters. The first-order valence-corrected chi connectivity index (χ1v) is 10.2. The van der Waals surface area contributed by atoms with E-state index in [4.69, 9.17) is 39.5 Å². The lowest BCUT2D eigenvalue weighted by Gasteiger charge is -2.21. The molecule has 0 saturated carbocycles. The summed E-state index contributed by atoms with van der Waals surface area (Å²) in [5.41, 5.74) is -2.93. The molecule has 0 fully saturated rings. The van der Waals surface area contributed by atoms with Crippen LogP contribution in [0.1, 0.15) is 39.9 Å². The molecule has 0 amide bonds. The fraction of sp³-hybridized carbons (Fsp3) is 0.286. The molecule has 0 spiro atoms. The molecular formula is C21H15Cl3F6O3. The fourth-order valence-corrected chi connectivity index (χ4v) is 3.50. The number of alkyl halides is 6. The Labute approximate surface area is 199 Å². The van der Waals surface area contributed by atoms with Crippen molar-refractivity contribution in [2.45, 2.75) is 25.2 Å². The summed E-state index contributed by atoms with van der Waals surface area (Å²) >= 11 is 17.5. The van der Waals surface area contributed by atoms with Crippen LogP contribution in [-0.4, -0.2) is 25.9 Å². The Morgan fingerprint density at radius 1 is 1.03 bits per heavy atom. The summed E-state index contributed by atoms with van der Waals surface area (Å²) < 4.78 is 91.9. The van der Waals surface area contributed by atoms with Crippen LogP contribution in [0.2, 0.25) is 15.1 Å². The van der Waals surface area contributed by atoms with E-state index in [0.29, 0.717) is 12.1 Å². The molecule has 0 aromatic heterocycles. The smallest absolute Gasteiger partial charge is 0.417 e. The number of benzene rings is 2. The van der Waals surface area contributed by atoms with E-state index in [2.05, 4.69) is 4.74 Å². The quantitative estimate of drug-likeness (QED) is 0.162. The lowest BCUT2D eigenvalue weighted by atomic mass is 9.95. The molecule has 180 valence electrons. The molecule has 0 heterocycles. The molecule has 3 nitrogen and oxygen atoms in total. The molecule has 2 aromatic rings. The number of hydrogen-bond acceptors (Lipinski definition) is 3. The van der Waals surface area contributed by atoms with Crippen LogP contribution < -0.4 is 0 Å². The van der Waals surface area contributed by atoms with Gasteiger partial charge in [0.05, 0.1) is 39.9 Å². The topological polar surface area (TPSA) is 35.5 Å². The minimum atomic E-state index is -4.99. The number of esters is 1. The van der Waals surface area contributed by atoms with Crippen molar-refractivity contribution in [3.63, 3.8) is 0 Å². The van der Waals surface area contributed by atoms with E-state index in [1.807, 2.05) is 0 Å².